The van der Waals surface area contributed by atoms with Crippen molar-refractivity contribution in [1.29, 1.82) is 0 Å². The van der Waals surface area contributed by atoms with Crippen molar-refractivity contribution in [3.63, 3.8) is 0 Å². The Bertz CT molecular complexity index is 1450. The van der Waals surface area contributed by atoms with E-state index in [0.717, 1.165) is 22.6 Å². The molecule has 0 saturated carbocycles. The van der Waals surface area contributed by atoms with E-state index in [9.17, 15) is 8.42 Å². The van der Waals surface area contributed by atoms with E-state index in [1.165, 1.54) is 24.3 Å². The summed E-state index contributed by atoms with van der Waals surface area (Å²) in [5, 5.41) is 8.17. The number of methoxy groups -OCH3 is 1. The van der Waals surface area contributed by atoms with Crippen molar-refractivity contribution in [2.45, 2.75) is 10.9 Å². The molecule has 4 aromatic rings. The standard InChI is InChI=1S/C24H20ClN5O3S/c1-33-19-11-7-17(8-12-19)22-15-21(16-5-3-2-4-6-16)26-24-27-23(28-30(22)24)29-34(31,32)20-13-9-18(25)10-14-20/h2-15,22H,1H3,(H2,26,27,28,29)/t22-/m1/s1. The molecule has 0 fully saturated rings. The average Bonchev–Trinajstić information content (AvgIpc) is 3.26. The molecule has 1 aliphatic rings. The molecule has 0 bridgehead atoms. The Morgan fingerprint density at radius 2 is 1.71 bits per heavy atom. The van der Waals surface area contributed by atoms with Gasteiger partial charge >= 0.3 is 0 Å². The van der Waals surface area contributed by atoms with Crippen LogP contribution in [-0.2, 0) is 10.0 Å². The first-order valence-electron chi connectivity index (χ1n) is 10.4. The first-order chi connectivity index (χ1) is 16.4. The number of allylic oxidation sites excluding steroid dienone is 1. The number of nitrogens with one attached hydrogen (secondary N) is 2. The summed E-state index contributed by atoms with van der Waals surface area (Å²) < 4.78 is 35.1. The highest BCUT2D eigenvalue weighted by atomic mass is 35.5. The van der Waals surface area contributed by atoms with Crippen molar-refractivity contribution in [3.05, 3.63) is 101 Å². The van der Waals surface area contributed by atoms with Crippen LogP contribution in [0.15, 0.2) is 89.8 Å². The second-order valence-electron chi connectivity index (χ2n) is 7.55. The maximum absolute atomic E-state index is 12.8. The highest BCUT2D eigenvalue weighted by Gasteiger charge is 2.27. The van der Waals surface area contributed by atoms with Gasteiger partial charge in [-0.05, 0) is 53.6 Å². The van der Waals surface area contributed by atoms with Crippen LogP contribution >= 0.6 is 11.6 Å². The third-order valence-corrected chi connectivity index (χ3v) is 6.95. The summed E-state index contributed by atoms with van der Waals surface area (Å²) in [4.78, 5) is 4.49. The first-order valence-corrected chi connectivity index (χ1v) is 12.2. The molecule has 8 nitrogen and oxygen atoms in total. The summed E-state index contributed by atoms with van der Waals surface area (Å²) in [6, 6.07) is 23.0. The molecular weight excluding hydrogens is 474 g/mol. The number of hydrogen-bond donors (Lipinski definition) is 2. The molecule has 3 aromatic carbocycles. The summed E-state index contributed by atoms with van der Waals surface area (Å²) in [5.41, 5.74) is 2.75. The number of ether oxygens (including phenoxy) is 1. The van der Waals surface area contributed by atoms with Crippen molar-refractivity contribution in [2.75, 3.05) is 17.1 Å². The Morgan fingerprint density at radius 3 is 2.38 bits per heavy atom. The van der Waals surface area contributed by atoms with Gasteiger partial charge < -0.3 is 10.1 Å². The topological polar surface area (TPSA) is 98.1 Å². The largest absolute Gasteiger partial charge is 0.497 e. The summed E-state index contributed by atoms with van der Waals surface area (Å²) >= 11 is 5.88. The number of nitrogens with zero attached hydrogens (tertiary/aromatic N) is 3. The third-order valence-electron chi connectivity index (χ3n) is 5.36. The van der Waals surface area contributed by atoms with Crippen LogP contribution in [0, 0.1) is 0 Å². The minimum atomic E-state index is -3.89. The first kappa shape index (κ1) is 22.0. The number of benzene rings is 3. The summed E-state index contributed by atoms with van der Waals surface area (Å²) in [5.74, 6) is 1.11. The van der Waals surface area contributed by atoms with Crippen LogP contribution in [0.25, 0.3) is 5.70 Å². The van der Waals surface area contributed by atoms with Crippen LogP contribution in [0.2, 0.25) is 5.02 Å². The Balaban J connectivity index is 1.53. The molecule has 1 aliphatic heterocycles. The van der Waals surface area contributed by atoms with E-state index >= 15 is 0 Å². The quantitative estimate of drug-likeness (QED) is 0.400. The average molecular weight is 494 g/mol. The second kappa shape index (κ2) is 8.85. The molecule has 1 aromatic heterocycles. The molecule has 172 valence electrons. The van der Waals surface area contributed by atoms with E-state index in [1.807, 2.05) is 60.7 Å². The summed E-state index contributed by atoms with van der Waals surface area (Å²) in [6.45, 7) is 0. The van der Waals surface area contributed by atoms with Crippen molar-refractivity contribution in [1.82, 2.24) is 14.8 Å². The van der Waals surface area contributed by atoms with E-state index in [2.05, 4.69) is 20.1 Å². The molecule has 0 radical (unpaired) electrons. The highest BCUT2D eigenvalue weighted by molar-refractivity contribution is 7.92. The van der Waals surface area contributed by atoms with E-state index in [4.69, 9.17) is 16.3 Å². The lowest BCUT2D eigenvalue weighted by atomic mass is 10.0. The van der Waals surface area contributed by atoms with Crippen LogP contribution in [0.3, 0.4) is 0 Å². The van der Waals surface area contributed by atoms with Gasteiger partial charge in [-0.1, -0.05) is 54.1 Å². The third kappa shape index (κ3) is 4.35. The molecule has 0 aliphatic carbocycles. The summed E-state index contributed by atoms with van der Waals surface area (Å²) in [6.07, 6.45) is 2.02. The Morgan fingerprint density at radius 1 is 1.00 bits per heavy atom. The molecule has 10 heteroatoms. The van der Waals surface area contributed by atoms with Gasteiger partial charge in [-0.25, -0.2) is 17.8 Å². The smallest absolute Gasteiger partial charge is 0.264 e. The number of sulfonamides is 1. The van der Waals surface area contributed by atoms with Gasteiger partial charge in [0.15, 0.2) is 0 Å². The van der Waals surface area contributed by atoms with Crippen LogP contribution in [0.4, 0.5) is 11.9 Å². The molecule has 34 heavy (non-hydrogen) atoms. The zero-order chi connectivity index (χ0) is 23.7. The molecule has 5 rings (SSSR count). The molecule has 1 atom stereocenters. The molecule has 0 saturated heterocycles. The lowest BCUT2D eigenvalue weighted by Crippen LogP contribution is -2.20. The minimum Gasteiger partial charge on any atom is -0.497 e. The molecule has 0 unspecified atom stereocenters. The monoisotopic (exact) mass is 493 g/mol. The number of hydrogen-bond acceptors (Lipinski definition) is 6. The van der Waals surface area contributed by atoms with Crippen LogP contribution < -0.4 is 14.8 Å². The van der Waals surface area contributed by atoms with Crippen LogP contribution in [0.5, 0.6) is 5.75 Å². The lowest BCUT2D eigenvalue weighted by Gasteiger charge is -2.24. The number of halogens is 1. The van der Waals surface area contributed by atoms with E-state index in [-0.39, 0.29) is 16.9 Å². The zero-order valence-corrected chi connectivity index (χ0v) is 19.6. The summed E-state index contributed by atoms with van der Waals surface area (Å²) in [7, 11) is -2.28. The Kier molecular flexibility index (Phi) is 5.72. The Hall–Kier alpha value is -3.82. The number of fused-ring (bicyclic) bond motifs is 1. The number of anilines is 2. The van der Waals surface area contributed by atoms with Gasteiger partial charge in [-0.15, -0.1) is 5.10 Å². The van der Waals surface area contributed by atoms with E-state index in [0.29, 0.717) is 11.0 Å². The van der Waals surface area contributed by atoms with Gasteiger partial charge in [-0.3, -0.25) is 0 Å². The van der Waals surface area contributed by atoms with Gasteiger partial charge in [0.05, 0.1) is 12.0 Å². The van der Waals surface area contributed by atoms with Gasteiger partial charge in [0.25, 0.3) is 16.0 Å². The highest BCUT2D eigenvalue weighted by Crippen LogP contribution is 2.34. The molecule has 0 amide bonds. The maximum Gasteiger partial charge on any atom is 0.264 e. The van der Waals surface area contributed by atoms with Gasteiger partial charge in [0, 0.05) is 10.7 Å². The number of rotatable bonds is 6. The minimum absolute atomic E-state index is 0.0429. The normalized spacial score (nSPS) is 15.1. The fourth-order valence-electron chi connectivity index (χ4n) is 3.65. The van der Waals surface area contributed by atoms with Crippen LogP contribution in [-0.4, -0.2) is 30.3 Å². The molecule has 0 spiro atoms. The van der Waals surface area contributed by atoms with Crippen molar-refractivity contribution < 1.29 is 13.2 Å². The second-order valence-corrected chi connectivity index (χ2v) is 9.67. The van der Waals surface area contributed by atoms with Crippen molar-refractivity contribution in [2.24, 2.45) is 0 Å². The SMILES string of the molecule is COc1ccc([C@H]2C=C(c3ccccc3)Nc3nc(NS(=O)(=O)c4ccc(Cl)cc4)nn32)cc1. The predicted molar refractivity (Wildman–Crippen MR) is 131 cm³/mol. The maximum atomic E-state index is 12.8. The lowest BCUT2D eigenvalue weighted by molar-refractivity contribution is 0.414. The van der Waals surface area contributed by atoms with Crippen LogP contribution in [0.1, 0.15) is 17.2 Å². The Labute approximate surface area is 201 Å². The molecular formula is C24H20ClN5O3S. The van der Waals surface area contributed by atoms with Gasteiger partial charge in [0.2, 0.25) is 5.95 Å². The van der Waals surface area contributed by atoms with Gasteiger partial charge in [-0.2, -0.15) is 4.98 Å². The molecule has 2 N–H and O–H groups in total. The van der Waals surface area contributed by atoms with Crippen molar-refractivity contribution >= 4 is 39.2 Å². The van der Waals surface area contributed by atoms with Crippen molar-refractivity contribution in [3.8, 4) is 5.75 Å². The van der Waals surface area contributed by atoms with E-state index in [1.54, 1.807) is 11.8 Å². The molecule has 2 heterocycles. The predicted octanol–water partition coefficient (Wildman–Crippen LogP) is 4.80. The van der Waals surface area contributed by atoms with E-state index < -0.39 is 10.0 Å². The number of aromatic nitrogens is 3. The van der Waals surface area contributed by atoms with Gasteiger partial charge in [0.1, 0.15) is 11.8 Å². The fraction of sp³-hybridized carbons (Fsp3) is 0.0833. The zero-order valence-electron chi connectivity index (χ0n) is 18.0. The fourth-order valence-corrected chi connectivity index (χ4v) is 4.72.